The van der Waals surface area contributed by atoms with Crippen molar-refractivity contribution in [2.24, 2.45) is 0 Å². The minimum Gasteiger partial charge on any atom is -0.362 e. The zero-order valence-electron chi connectivity index (χ0n) is 13.8. The van der Waals surface area contributed by atoms with E-state index in [1.165, 1.54) is 29.7 Å². The van der Waals surface area contributed by atoms with Crippen molar-refractivity contribution >= 4 is 23.1 Å². The molecule has 23 heavy (non-hydrogen) atoms. The van der Waals surface area contributed by atoms with Crippen molar-refractivity contribution in [3.8, 4) is 0 Å². The molecule has 0 saturated heterocycles. The van der Waals surface area contributed by atoms with Gasteiger partial charge in [-0.25, -0.2) is 4.98 Å². The third-order valence-electron chi connectivity index (χ3n) is 4.20. The van der Waals surface area contributed by atoms with Gasteiger partial charge < -0.3 is 10.2 Å². The fourth-order valence-corrected chi connectivity index (χ4v) is 4.18. The van der Waals surface area contributed by atoms with Gasteiger partial charge in [-0.15, -0.1) is 11.3 Å². The number of rotatable bonds is 4. The van der Waals surface area contributed by atoms with Gasteiger partial charge in [0.2, 0.25) is 0 Å². The monoisotopic (exact) mass is 329 g/mol. The molecule has 0 aliphatic heterocycles. The molecular formula is C18H23N3OS. The van der Waals surface area contributed by atoms with Crippen LogP contribution in [0.15, 0.2) is 24.4 Å². The number of aromatic nitrogens is 1. The van der Waals surface area contributed by atoms with Crippen LogP contribution in [0.5, 0.6) is 0 Å². The second-order valence-electron chi connectivity index (χ2n) is 6.18. The Morgan fingerprint density at radius 1 is 1.30 bits per heavy atom. The van der Waals surface area contributed by atoms with Gasteiger partial charge in [0.15, 0.2) is 0 Å². The molecule has 1 N–H and O–H groups in total. The third-order valence-corrected chi connectivity index (χ3v) is 5.44. The van der Waals surface area contributed by atoms with E-state index >= 15 is 0 Å². The lowest BCUT2D eigenvalue weighted by atomic mass is 10.1. The molecule has 1 amide bonds. The van der Waals surface area contributed by atoms with Crippen molar-refractivity contribution in [1.82, 2.24) is 10.3 Å². The zero-order valence-corrected chi connectivity index (χ0v) is 14.6. The van der Waals surface area contributed by atoms with E-state index in [0.717, 1.165) is 29.1 Å². The summed E-state index contributed by atoms with van der Waals surface area (Å²) in [6, 6.07) is 6.00. The number of amides is 1. The molecule has 0 atom stereocenters. The highest BCUT2D eigenvalue weighted by Gasteiger charge is 2.16. The van der Waals surface area contributed by atoms with Gasteiger partial charge in [0.25, 0.3) is 5.91 Å². The Kier molecular flexibility index (Phi) is 4.96. The van der Waals surface area contributed by atoms with Gasteiger partial charge in [0.1, 0.15) is 5.82 Å². The van der Waals surface area contributed by atoms with Crippen LogP contribution in [0.2, 0.25) is 0 Å². The Labute approximate surface area is 141 Å². The Balaban J connectivity index is 1.68. The van der Waals surface area contributed by atoms with E-state index < -0.39 is 0 Å². The minimum atomic E-state index is 0.0247. The largest absolute Gasteiger partial charge is 0.362 e. The van der Waals surface area contributed by atoms with Gasteiger partial charge in [-0.2, -0.15) is 0 Å². The molecular weight excluding hydrogens is 306 g/mol. The van der Waals surface area contributed by atoms with Crippen LogP contribution in [0, 0.1) is 0 Å². The number of hydrogen-bond donors (Lipinski definition) is 1. The number of carbonyl (C=O) groups excluding carboxylic acids is 1. The second kappa shape index (κ2) is 7.13. The van der Waals surface area contributed by atoms with Crippen molar-refractivity contribution < 1.29 is 4.79 Å². The predicted molar refractivity (Wildman–Crippen MR) is 95.3 cm³/mol. The van der Waals surface area contributed by atoms with Crippen LogP contribution in [-0.4, -0.2) is 25.0 Å². The average molecular weight is 329 g/mol. The Morgan fingerprint density at radius 3 is 2.96 bits per heavy atom. The lowest BCUT2D eigenvalue weighted by Gasteiger charge is -2.15. The first kappa shape index (κ1) is 16.0. The van der Waals surface area contributed by atoms with Crippen LogP contribution < -0.4 is 10.2 Å². The van der Waals surface area contributed by atoms with Crippen LogP contribution in [-0.2, 0) is 19.4 Å². The topological polar surface area (TPSA) is 45.2 Å². The number of thiophene rings is 1. The number of hydrogen-bond acceptors (Lipinski definition) is 4. The van der Waals surface area contributed by atoms with E-state index in [0.29, 0.717) is 6.54 Å². The van der Waals surface area contributed by atoms with Crippen molar-refractivity contribution in [1.29, 1.82) is 0 Å². The summed E-state index contributed by atoms with van der Waals surface area (Å²) in [4.78, 5) is 21.1. The summed E-state index contributed by atoms with van der Waals surface area (Å²) in [6.07, 6.45) is 7.81. The Morgan fingerprint density at radius 2 is 2.13 bits per heavy atom. The van der Waals surface area contributed by atoms with E-state index in [4.69, 9.17) is 0 Å². The van der Waals surface area contributed by atoms with Gasteiger partial charge in [-0.1, -0.05) is 12.5 Å². The molecule has 0 saturated carbocycles. The maximum absolute atomic E-state index is 12.5. The minimum absolute atomic E-state index is 0.0247. The summed E-state index contributed by atoms with van der Waals surface area (Å²) in [5.41, 5.74) is 2.41. The van der Waals surface area contributed by atoms with Crippen LogP contribution in [0.1, 0.15) is 44.9 Å². The highest BCUT2D eigenvalue weighted by molar-refractivity contribution is 7.14. The Hall–Kier alpha value is -1.88. The van der Waals surface area contributed by atoms with Crippen LogP contribution >= 0.6 is 11.3 Å². The van der Waals surface area contributed by atoms with Crippen molar-refractivity contribution in [3.63, 3.8) is 0 Å². The lowest BCUT2D eigenvalue weighted by Crippen LogP contribution is -2.24. The van der Waals surface area contributed by atoms with Crippen LogP contribution in [0.4, 0.5) is 5.82 Å². The number of aryl methyl sites for hydroxylation is 2. The summed E-state index contributed by atoms with van der Waals surface area (Å²) in [5.74, 6) is 0.923. The number of pyridine rings is 1. The van der Waals surface area contributed by atoms with Gasteiger partial charge in [0.05, 0.1) is 4.88 Å². The molecule has 5 heteroatoms. The van der Waals surface area contributed by atoms with E-state index in [1.54, 1.807) is 17.5 Å². The first-order valence-corrected chi connectivity index (χ1v) is 8.98. The molecule has 0 aromatic carbocycles. The van der Waals surface area contributed by atoms with Crippen LogP contribution in [0.3, 0.4) is 0 Å². The molecule has 0 radical (unpaired) electrons. The van der Waals surface area contributed by atoms with E-state index in [-0.39, 0.29) is 5.91 Å². The highest BCUT2D eigenvalue weighted by Crippen LogP contribution is 2.29. The molecule has 1 aliphatic carbocycles. The summed E-state index contributed by atoms with van der Waals surface area (Å²) in [5, 5.41) is 3.04. The summed E-state index contributed by atoms with van der Waals surface area (Å²) < 4.78 is 0. The maximum atomic E-state index is 12.5. The van der Waals surface area contributed by atoms with Crippen molar-refractivity contribution in [2.75, 3.05) is 19.0 Å². The van der Waals surface area contributed by atoms with Gasteiger partial charge in [-0.3, -0.25) is 4.79 Å². The normalized spacial score (nSPS) is 14.0. The number of nitrogens with one attached hydrogen (secondary N) is 1. The van der Waals surface area contributed by atoms with E-state index in [9.17, 15) is 4.79 Å². The van der Waals surface area contributed by atoms with Crippen LogP contribution in [0.25, 0.3) is 0 Å². The molecule has 3 rings (SSSR count). The third kappa shape index (κ3) is 3.72. The highest BCUT2D eigenvalue weighted by atomic mass is 32.1. The molecule has 0 spiro atoms. The van der Waals surface area contributed by atoms with Gasteiger partial charge in [-0.05, 0) is 43.4 Å². The quantitative estimate of drug-likeness (QED) is 0.874. The fraction of sp³-hybridized carbons (Fsp3) is 0.444. The van der Waals surface area contributed by atoms with Crippen molar-refractivity contribution in [2.45, 2.75) is 38.6 Å². The fourth-order valence-electron chi connectivity index (χ4n) is 3.01. The SMILES string of the molecule is CN(C)c1ncccc1CNC(=O)c1cc2c(s1)CCCCC2. The maximum Gasteiger partial charge on any atom is 0.261 e. The number of anilines is 1. The number of carbonyl (C=O) groups is 1. The summed E-state index contributed by atoms with van der Waals surface area (Å²) >= 11 is 1.66. The van der Waals surface area contributed by atoms with Gasteiger partial charge >= 0.3 is 0 Å². The number of nitrogens with zero attached hydrogens (tertiary/aromatic N) is 2. The first-order valence-electron chi connectivity index (χ1n) is 8.16. The molecule has 122 valence electrons. The molecule has 1 aliphatic rings. The van der Waals surface area contributed by atoms with E-state index in [1.807, 2.05) is 31.1 Å². The zero-order chi connectivity index (χ0) is 16.2. The van der Waals surface area contributed by atoms with Gasteiger partial charge in [0, 0.05) is 37.3 Å². The molecule has 2 aromatic rings. The van der Waals surface area contributed by atoms with Crippen molar-refractivity contribution in [3.05, 3.63) is 45.3 Å². The smallest absolute Gasteiger partial charge is 0.261 e. The Bertz CT molecular complexity index is 670. The molecule has 2 heterocycles. The summed E-state index contributed by atoms with van der Waals surface area (Å²) in [7, 11) is 3.92. The standard InChI is InChI=1S/C18H23N3OS/c1-21(2)17-14(8-6-10-19-17)12-20-18(22)16-11-13-7-4-3-5-9-15(13)23-16/h6,8,10-11H,3-5,7,9,12H2,1-2H3,(H,20,22). The average Bonchev–Trinajstić information content (AvgIpc) is 2.84. The van der Waals surface area contributed by atoms with E-state index in [2.05, 4.69) is 16.4 Å². The molecule has 4 nitrogen and oxygen atoms in total. The first-order chi connectivity index (χ1) is 11.1. The molecule has 0 unspecified atom stereocenters. The molecule has 2 aromatic heterocycles. The second-order valence-corrected chi connectivity index (χ2v) is 7.32. The lowest BCUT2D eigenvalue weighted by molar-refractivity contribution is 0.0955. The number of fused-ring (bicyclic) bond motifs is 1. The molecule has 0 bridgehead atoms. The summed E-state index contributed by atoms with van der Waals surface area (Å²) in [6.45, 7) is 0.503. The molecule has 0 fully saturated rings. The predicted octanol–water partition coefficient (Wildman–Crippen LogP) is 3.41.